The van der Waals surface area contributed by atoms with Crippen LogP contribution in [0, 0.1) is 17.2 Å². The zero-order chi connectivity index (χ0) is 30.4. The number of fused-ring (bicyclic) bond motifs is 2. The zero-order valence-corrected chi connectivity index (χ0v) is 22.0. The molecule has 0 unspecified atom stereocenters. The molecule has 2 aliphatic rings. The Morgan fingerprint density at radius 2 is 1.95 bits per heavy atom. The van der Waals surface area contributed by atoms with Gasteiger partial charge in [-0.2, -0.15) is 5.26 Å². The maximum absolute atomic E-state index is 13.3. The van der Waals surface area contributed by atoms with Crippen molar-refractivity contribution >= 4 is 23.1 Å². The molecule has 39 heavy (non-hydrogen) atoms. The lowest BCUT2D eigenvalue weighted by atomic mass is 10.00. The fraction of sp³-hybridized carbons (Fsp3) is 0.448. The van der Waals surface area contributed by atoms with Crippen molar-refractivity contribution in [3.8, 4) is 17.2 Å². The number of aryl methyl sites for hydroxylation is 1. The highest BCUT2D eigenvalue weighted by atomic mass is 16.6. The van der Waals surface area contributed by atoms with E-state index in [1.807, 2.05) is 24.3 Å². The Morgan fingerprint density at radius 3 is 2.64 bits per heavy atom. The summed E-state index contributed by atoms with van der Waals surface area (Å²) in [4.78, 5) is 39.9. The van der Waals surface area contributed by atoms with Crippen molar-refractivity contribution < 1.29 is 27.6 Å². The summed E-state index contributed by atoms with van der Waals surface area (Å²) in [6.07, 6.45) is 0.0881. The summed E-state index contributed by atoms with van der Waals surface area (Å²) >= 11 is 0. The molecule has 1 N–H and O–H groups in total. The van der Waals surface area contributed by atoms with Gasteiger partial charge in [-0.25, -0.2) is 9.59 Å². The Kier molecular flexibility index (Phi) is 5.99. The number of benzene rings is 2. The number of oxazole rings is 1. The van der Waals surface area contributed by atoms with E-state index in [0.29, 0.717) is 29.8 Å². The van der Waals surface area contributed by atoms with Gasteiger partial charge >= 0.3 is 11.8 Å². The smallest absolute Gasteiger partial charge is 0.419 e. The maximum atomic E-state index is 13.3. The minimum Gasteiger partial charge on any atom is -0.444 e. The number of nitrogens with zero attached hydrogens (tertiary/aromatic N) is 3. The lowest BCUT2D eigenvalue weighted by Crippen LogP contribution is -2.52. The van der Waals surface area contributed by atoms with Crippen molar-refractivity contribution in [3.63, 3.8) is 0 Å². The lowest BCUT2D eigenvalue weighted by Gasteiger charge is -2.31. The monoisotopic (exact) mass is 535 g/mol. The van der Waals surface area contributed by atoms with Crippen LogP contribution in [-0.4, -0.2) is 58.4 Å². The van der Waals surface area contributed by atoms with Gasteiger partial charge in [0, 0.05) is 23.4 Å². The van der Waals surface area contributed by atoms with Crippen molar-refractivity contribution in [1.82, 2.24) is 14.8 Å². The van der Waals surface area contributed by atoms with Crippen LogP contribution < -0.4 is 11.1 Å². The third-order valence-corrected chi connectivity index (χ3v) is 7.07. The molecule has 1 aromatic heterocycles. The SMILES string of the molecule is [2H]C([2H])([2H])n1c(=O)oc2ccc(-c3ccc(C[C@@H](C#N)NC(=O)[C@@H]4C[C@@H]5COC[C@@H]5N4C(=O)OC(C)(C)C)cc3)cc21. The van der Waals surface area contributed by atoms with E-state index in [2.05, 4.69) is 11.4 Å². The average Bonchev–Trinajstić information content (AvgIpc) is 3.58. The summed E-state index contributed by atoms with van der Waals surface area (Å²) in [5.74, 6) is -1.34. The number of rotatable bonds is 5. The number of ether oxygens (including phenoxy) is 2. The van der Waals surface area contributed by atoms with Gasteiger partial charge in [0.15, 0.2) is 5.58 Å². The van der Waals surface area contributed by atoms with Gasteiger partial charge in [-0.1, -0.05) is 30.3 Å². The summed E-state index contributed by atoms with van der Waals surface area (Å²) < 4.78 is 39.8. The highest BCUT2D eigenvalue weighted by Crippen LogP contribution is 2.36. The van der Waals surface area contributed by atoms with Crippen molar-refractivity contribution in [1.29, 1.82) is 5.26 Å². The molecule has 0 aliphatic carbocycles. The third kappa shape index (κ3) is 5.40. The van der Waals surface area contributed by atoms with E-state index >= 15 is 0 Å². The van der Waals surface area contributed by atoms with E-state index in [0.717, 1.165) is 11.1 Å². The van der Waals surface area contributed by atoms with Gasteiger partial charge < -0.3 is 19.2 Å². The van der Waals surface area contributed by atoms with Crippen LogP contribution in [0.5, 0.6) is 0 Å². The van der Waals surface area contributed by atoms with E-state index in [-0.39, 0.29) is 29.5 Å². The van der Waals surface area contributed by atoms with Gasteiger partial charge in [-0.05, 0) is 56.0 Å². The van der Waals surface area contributed by atoms with Crippen molar-refractivity contribution in [3.05, 3.63) is 58.6 Å². The Hall–Kier alpha value is -4.10. The van der Waals surface area contributed by atoms with Crippen LogP contribution in [0.3, 0.4) is 0 Å². The number of nitriles is 1. The lowest BCUT2D eigenvalue weighted by molar-refractivity contribution is -0.126. The highest BCUT2D eigenvalue weighted by molar-refractivity contribution is 5.87. The van der Waals surface area contributed by atoms with Gasteiger partial charge in [-0.3, -0.25) is 14.3 Å². The van der Waals surface area contributed by atoms with Crippen molar-refractivity contribution in [2.24, 2.45) is 12.9 Å². The molecule has 3 aromatic rings. The predicted molar refractivity (Wildman–Crippen MR) is 143 cm³/mol. The molecule has 2 fully saturated rings. The van der Waals surface area contributed by atoms with Crippen LogP contribution in [0.4, 0.5) is 4.79 Å². The zero-order valence-electron chi connectivity index (χ0n) is 25.0. The van der Waals surface area contributed by atoms with Gasteiger partial charge in [0.05, 0.1) is 30.8 Å². The topological polar surface area (TPSA) is 127 Å². The molecule has 2 amide bonds. The molecule has 4 atom stereocenters. The summed E-state index contributed by atoms with van der Waals surface area (Å²) in [5.41, 5.74) is 1.84. The second-order valence-corrected chi connectivity index (χ2v) is 11.0. The van der Waals surface area contributed by atoms with Crippen LogP contribution in [0.25, 0.3) is 22.2 Å². The van der Waals surface area contributed by atoms with Gasteiger partial charge in [0.25, 0.3) is 0 Å². The standard InChI is InChI=1S/C29H32N4O6/c1-29(2,3)39-28(36)33-23(13-20-15-37-16-24(20)33)26(34)31-21(14-30)11-17-5-7-18(8-6-17)19-9-10-25-22(12-19)32(4)27(35)38-25/h5-10,12,20-21,23-24H,11,13,15-16H2,1-4H3,(H,31,34)/t20-,21+,23+,24+/m1/s1/i4D3. The van der Waals surface area contributed by atoms with Crippen LogP contribution in [-0.2, 0) is 27.7 Å². The number of hydrogen-bond acceptors (Lipinski definition) is 7. The van der Waals surface area contributed by atoms with Crippen LogP contribution in [0.15, 0.2) is 51.7 Å². The molecule has 2 saturated heterocycles. The second-order valence-electron chi connectivity index (χ2n) is 11.0. The van der Waals surface area contributed by atoms with Crippen molar-refractivity contribution in [2.75, 3.05) is 13.2 Å². The average molecular weight is 536 g/mol. The molecule has 0 saturated carbocycles. The molecule has 10 nitrogen and oxygen atoms in total. The number of nitrogens with one attached hydrogen (secondary N) is 1. The van der Waals surface area contributed by atoms with Gasteiger partial charge in [0.1, 0.15) is 17.7 Å². The Morgan fingerprint density at radius 1 is 1.21 bits per heavy atom. The molecular formula is C29H32N4O6. The van der Waals surface area contributed by atoms with Gasteiger partial charge in [0.2, 0.25) is 5.91 Å². The van der Waals surface area contributed by atoms with E-state index in [1.165, 1.54) is 4.90 Å². The maximum Gasteiger partial charge on any atom is 0.419 e. The molecule has 3 heterocycles. The minimum atomic E-state index is -2.68. The highest BCUT2D eigenvalue weighted by Gasteiger charge is 2.51. The summed E-state index contributed by atoms with van der Waals surface area (Å²) in [5, 5.41) is 12.6. The third-order valence-electron chi connectivity index (χ3n) is 7.07. The Labute approximate surface area is 230 Å². The fourth-order valence-electron chi connectivity index (χ4n) is 5.22. The number of carbonyl (C=O) groups excluding carboxylic acids is 2. The van der Waals surface area contributed by atoms with Crippen LogP contribution in [0.2, 0.25) is 0 Å². The predicted octanol–water partition coefficient (Wildman–Crippen LogP) is 3.37. The van der Waals surface area contributed by atoms with E-state index in [1.54, 1.807) is 39.0 Å². The van der Waals surface area contributed by atoms with Gasteiger partial charge in [-0.15, -0.1) is 0 Å². The molecular weight excluding hydrogens is 500 g/mol. The minimum absolute atomic E-state index is 0.0251. The largest absolute Gasteiger partial charge is 0.444 e. The first-order valence-corrected chi connectivity index (χ1v) is 12.8. The number of aromatic nitrogens is 1. The molecule has 5 rings (SSSR count). The molecule has 0 radical (unpaired) electrons. The van der Waals surface area contributed by atoms with Crippen molar-refractivity contribution in [2.45, 2.75) is 57.3 Å². The Balaban J connectivity index is 1.29. The molecule has 0 bridgehead atoms. The molecule has 0 spiro atoms. The summed E-state index contributed by atoms with van der Waals surface area (Å²) in [7, 11) is 0. The normalized spacial score (nSPS) is 22.9. The number of amides is 2. The van der Waals surface area contributed by atoms with E-state index in [4.69, 9.17) is 18.0 Å². The van der Waals surface area contributed by atoms with Crippen LogP contribution in [0.1, 0.15) is 36.9 Å². The van der Waals surface area contributed by atoms with Crippen LogP contribution >= 0.6 is 0 Å². The summed E-state index contributed by atoms with van der Waals surface area (Å²) in [6, 6.07) is 12.4. The summed E-state index contributed by atoms with van der Waals surface area (Å²) in [6.45, 7) is 3.41. The second kappa shape index (κ2) is 10.2. The number of hydrogen-bond donors (Lipinski definition) is 1. The van der Waals surface area contributed by atoms with E-state index < -0.39 is 42.4 Å². The molecule has 10 heteroatoms. The number of carbonyl (C=O) groups is 2. The number of likely N-dealkylation sites (tertiary alicyclic amines) is 1. The van der Waals surface area contributed by atoms with E-state index in [9.17, 15) is 19.6 Å². The first-order chi connectivity index (χ1) is 19.7. The first-order valence-electron chi connectivity index (χ1n) is 14.3. The molecule has 2 aliphatic heterocycles. The molecule has 204 valence electrons. The quantitative estimate of drug-likeness (QED) is 0.531. The first kappa shape index (κ1) is 22.8. The molecule has 2 aromatic carbocycles. The Bertz CT molecular complexity index is 1600. The fourth-order valence-corrected chi connectivity index (χ4v) is 5.22.